The minimum Gasteiger partial charge on any atom is -0.477 e. The number of rotatable bonds is 4. The lowest BCUT2D eigenvalue weighted by molar-refractivity contribution is 0.0690. The first-order valence-corrected chi connectivity index (χ1v) is 5.26. The maximum Gasteiger partial charge on any atom is 0.354 e. The van der Waals surface area contributed by atoms with Crippen LogP contribution in [0.1, 0.15) is 23.8 Å². The molecular weight excluding hydrogens is 222 g/mol. The lowest BCUT2D eigenvalue weighted by atomic mass is 10.3. The largest absolute Gasteiger partial charge is 0.477 e. The fourth-order valence-electron chi connectivity index (χ4n) is 1.25. The summed E-state index contributed by atoms with van der Waals surface area (Å²) in [6.45, 7) is 2.64. The smallest absolute Gasteiger partial charge is 0.354 e. The van der Waals surface area contributed by atoms with Crippen LogP contribution in [-0.2, 0) is 0 Å². The van der Waals surface area contributed by atoms with Crippen molar-refractivity contribution in [3.05, 3.63) is 24.0 Å². The molecular formula is C11H15N3O3. The van der Waals surface area contributed by atoms with Gasteiger partial charge in [0.2, 0.25) is 0 Å². The minimum absolute atomic E-state index is 0.0510. The molecule has 0 aliphatic rings. The fourth-order valence-corrected chi connectivity index (χ4v) is 1.25. The van der Waals surface area contributed by atoms with E-state index in [9.17, 15) is 9.59 Å². The molecule has 1 rings (SSSR count). The molecule has 1 aromatic heterocycles. The van der Waals surface area contributed by atoms with Crippen LogP contribution >= 0.6 is 0 Å². The van der Waals surface area contributed by atoms with Gasteiger partial charge in [0, 0.05) is 13.6 Å². The van der Waals surface area contributed by atoms with Gasteiger partial charge in [0.25, 0.3) is 0 Å². The van der Waals surface area contributed by atoms with Crippen molar-refractivity contribution < 1.29 is 14.7 Å². The lowest BCUT2D eigenvalue weighted by Gasteiger charge is -2.16. The average Bonchev–Trinajstić information content (AvgIpc) is 2.30. The zero-order valence-corrected chi connectivity index (χ0v) is 9.80. The monoisotopic (exact) mass is 237 g/mol. The third-order valence-electron chi connectivity index (χ3n) is 2.14. The van der Waals surface area contributed by atoms with E-state index in [1.807, 2.05) is 6.92 Å². The number of carboxylic acids is 1. The van der Waals surface area contributed by atoms with Gasteiger partial charge >= 0.3 is 12.0 Å². The van der Waals surface area contributed by atoms with Gasteiger partial charge in [-0.05, 0) is 18.6 Å². The first-order valence-electron chi connectivity index (χ1n) is 5.26. The molecule has 17 heavy (non-hydrogen) atoms. The Labute approximate surface area is 99.3 Å². The summed E-state index contributed by atoms with van der Waals surface area (Å²) in [7, 11) is 1.69. The first kappa shape index (κ1) is 13.0. The van der Waals surface area contributed by atoms with E-state index in [1.54, 1.807) is 11.9 Å². The van der Waals surface area contributed by atoms with Gasteiger partial charge in [0.05, 0.1) is 11.9 Å². The highest BCUT2D eigenvalue weighted by molar-refractivity contribution is 5.90. The van der Waals surface area contributed by atoms with Gasteiger partial charge in [-0.25, -0.2) is 14.6 Å². The van der Waals surface area contributed by atoms with Crippen molar-refractivity contribution >= 4 is 17.7 Å². The maximum absolute atomic E-state index is 11.6. The predicted molar refractivity (Wildman–Crippen MR) is 63.1 cm³/mol. The number of hydrogen-bond acceptors (Lipinski definition) is 3. The molecule has 2 amide bonds. The van der Waals surface area contributed by atoms with Gasteiger partial charge in [0.1, 0.15) is 5.69 Å². The van der Waals surface area contributed by atoms with E-state index < -0.39 is 5.97 Å². The van der Waals surface area contributed by atoms with Crippen molar-refractivity contribution in [1.82, 2.24) is 9.88 Å². The van der Waals surface area contributed by atoms with Gasteiger partial charge in [-0.15, -0.1) is 0 Å². The molecule has 0 saturated heterocycles. The highest BCUT2D eigenvalue weighted by Gasteiger charge is 2.08. The van der Waals surface area contributed by atoms with Crippen LogP contribution in [0.3, 0.4) is 0 Å². The molecule has 6 nitrogen and oxygen atoms in total. The number of nitrogens with zero attached hydrogens (tertiary/aromatic N) is 2. The summed E-state index contributed by atoms with van der Waals surface area (Å²) in [6.07, 6.45) is 2.20. The van der Waals surface area contributed by atoms with Gasteiger partial charge < -0.3 is 15.3 Å². The summed E-state index contributed by atoms with van der Waals surface area (Å²) in [5, 5.41) is 11.3. The summed E-state index contributed by atoms with van der Waals surface area (Å²) in [5.74, 6) is -1.09. The molecule has 0 saturated carbocycles. The zero-order valence-electron chi connectivity index (χ0n) is 9.80. The third-order valence-corrected chi connectivity index (χ3v) is 2.14. The van der Waals surface area contributed by atoms with Crippen LogP contribution in [0.2, 0.25) is 0 Å². The summed E-state index contributed by atoms with van der Waals surface area (Å²) < 4.78 is 0. The summed E-state index contributed by atoms with van der Waals surface area (Å²) in [4.78, 5) is 27.4. The van der Waals surface area contributed by atoms with E-state index >= 15 is 0 Å². The van der Waals surface area contributed by atoms with Crippen molar-refractivity contribution in [2.45, 2.75) is 13.3 Å². The molecule has 0 spiro atoms. The number of amides is 2. The van der Waals surface area contributed by atoms with Gasteiger partial charge in [-0.2, -0.15) is 0 Å². The fraction of sp³-hybridized carbons (Fsp3) is 0.364. The van der Waals surface area contributed by atoms with Crippen LogP contribution in [-0.4, -0.2) is 40.6 Å². The third kappa shape index (κ3) is 3.75. The molecule has 0 radical (unpaired) electrons. The number of aromatic nitrogens is 1. The Morgan fingerprint density at radius 3 is 2.65 bits per heavy atom. The van der Waals surface area contributed by atoms with Crippen molar-refractivity contribution in [3.63, 3.8) is 0 Å². The van der Waals surface area contributed by atoms with Gasteiger partial charge in [0.15, 0.2) is 0 Å². The molecule has 0 unspecified atom stereocenters. The topological polar surface area (TPSA) is 82.5 Å². The number of pyridine rings is 1. The normalized spacial score (nSPS) is 9.76. The van der Waals surface area contributed by atoms with E-state index in [0.29, 0.717) is 12.2 Å². The van der Waals surface area contributed by atoms with E-state index in [4.69, 9.17) is 5.11 Å². The second-order valence-corrected chi connectivity index (χ2v) is 3.59. The zero-order chi connectivity index (χ0) is 12.8. The van der Waals surface area contributed by atoms with E-state index in [-0.39, 0.29) is 11.7 Å². The Hall–Kier alpha value is -2.11. The van der Waals surface area contributed by atoms with Crippen molar-refractivity contribution in [1.29, 1.82) is 0 Å². The molecule has 6 heteroatoms. The molecule has 92 valence electrons. The average molecular weight is 237 g/mol. The maximum atomic E-state index is 11.6. The predicted octanol–water partition coefficient (Wildman–Crippen LogP) is 1.65. The highest BCUT2D eigenvalue weighted by atomic mass is 16.4. The Kier molecular flexibility index (Phi) is 4.45. The molecule has 0 fully saturated rings. The lowest BCUT2D eigenvalue weighted by Crippen LogP contribution is -2.31. The second kappa shape index (κ2) is 5.83. The molecule has 1 aromatic rings. The number of carbonyl (C=O) groups is 2. The second-order valence-electron chi connectivity index (χ2n) is 3.59. The number of anilines is 1. The number of carboxylic acid groups (broad SMARTS) is 1. The van der Waals surface area contributed by atoms with Crippen LogP contribution in [0.4, 0.5) is 10.5 Å². The first-order chi connectivity index (χ1) is 8.04. The number of aromatic carboxylic acids is 1. The summed E-state index contributed by atoms with van der Waals surface area (Å²) >= 11 is 0. The highest BCUT2D eigenvalue weighted by Crippen LogP contribution is 2.07. The van der Waals surface area contributed by atoms with Crippen LogP contribution in [0.5, 0.6) is 0 Å². The number of carbonyl (C=O) groups excluding carboxylic acids is 1. The van der Waals surface area contributed by atoms with Crippen LogP contribution in [0, 0.1) is 0 Å². The van der Waals surface area contributed by atoms with Crippen LogP contribution in [0.25, 0.3) is 0 Å². The number of urea groups is 1. The Morgan fingerprint density at radius 1 is 1.47 bits per heavy atom. The number of hydrogen-bond donors (Lipinski definition) is 2. The minimum atomic E-state index is -1.09. The molecule has 0 aliphatic heterocycles. The van der Waals surface area contributed by atoms with E-state index in [1.165, 1.54) is 18.3 Å². The van der Waals surface area contributed by atoms with E-state index in [2.05, 4.69) is 10.3 Å². The Balaban J connectivity index is 2.63. The van der Waals surface area contributed by atoms with Gasteiger partial charge in [-0.1, -0.05) is 6.92 Å². The van der Waals surface area contributed by atoms with Crippen LogP contribution < -0.4 is 5.32 Å². The molecule has 0 atom stereocenters. The van der Waals surface area contributed by atoms with Crippen LogP contribution in [0.15, 0.2) is 18.3 Å². The molecule has 0 bridgehead atoms. The standard InChI is InChI=1S/C11H15N3O3/c1-3-6-14(2)11(17)13-8-4-5-9(10(15)16)12-7-8/h4-5,7H,3,6H2,1-2H3,(H,13,17)(H,15,16). The SMILES string of the molecule is CCCN(C)C(=O)Nc1ccc(C(=O)O)nc1. The van der Waals surface area contributed by atoms with Crippen molar-refractivity contribution in [3.8, 4) is 0 Å². The molecule has 1 heterocycles. The van der Waals surface area contributed by atoms with E-state index in [0.717, 1.165) is 6.42 Å². The summed E-state index contributed by atoms with van der Waals surface area (Å²) in [6, 6.07) is 2.61. The quantitative estimate of drug-likeness (QED) is 0.834. The number of nitrogens with one attached hydrogen (secondary N) is 1. The van der Waals surface area contributed by atoms with Crippen molar-refractivity contribution in [2.24, 2.45) is 0 Å². The van der Waals surface area contributed by atoms with Crippen molar-refractivity contribution in [2.75, 3.05) is 18.9 Å². The summed E-state index contributed by atoms with van der Waals surface area (Å²) in [5.41, 5.74) is 0.424. The molecule has 0 aromatic carbocycles. The Morgan fingerprint density at radius 2 is 2.18 bits per heavy atom. The van der Waals surface area contributed by atoms with Gasteiger partial charge in [-0.3, -0.25) is 0 Å². The Bertz CT molecular complexity index is 403. The molecule has 0 aliphatic carbocycles. The molecule has 2 N–H and O–H groups in total.